The minimum absolute atomic E-state index is 0. The Hall–Kier alpha value is -0.730. The van der Waals surface area contributed by atoms with Crippen LogP contribution in [0.25, 0.3) is 0 Å². The number of hydrogen-bond acceptors (Lipinski definition) is 3. The molecular weight excluding hydrogens is 497 g/mol. The van der Waals surface area contributed by atoms with Crippen LogP contribution in [0.15, 0.2) is 23.2 Å². The largest absolute Gasteiger partial charge is 0.371 e. The summed E-state index contributed by atoms with van der Waals surface area (Å²) in [5, 5.41) is 8.01. The van der Waals surface area contributed by atoms with Gasteiger partial charge in [-0.3, -0.25) is 4.99 Å². The number of rotatable bonds is 5. The number of nitrogens with zero attached hydrogens (tertiary/aromatic N) is 3. The van der Waals surface area contributed by atoms with Crippen LogP contribution in [-0.2, 0) is 0 Å². The molecule has 0 saturated carbocycles. The van der Waals surface area contributed by atoms with Gasteiger partial charge in [-0.15, -0.1) is 24.0 Å². The highest BCUT2D eigenvalue weighted by atomic mass is 127. The number of hydrogen-bond donors (Lipinski definition) is 2. The molecule has 1 unspecified atom stereocenters. The molecule has 7 heteroatoms. The third kappa shape index (κ3) is 6.89. The predicted molar refractivity (Wildman–Crippen MR) is 136 cm³/mol. The van der Waals surface area contributed by atoms with Gasteiger partial charge in [0.2, 0.25) is 0 Å². The Morgan fingerprint density at radius 3 is 2.59 bits per heavy atom. The van der Waals surface area contributed by atoms with Crippen molar-refractivity contribution in [1.82, 2.24) is 15.5 Å². The van der Waals surface area contributed by atoms with E-state index in [2.05, 4.69) is 58.3 Å². The molecule has 0 amide bonds. The molecule has 1 aromatic carbocycles. The van der Waals surface area contributed by atoms with Gasteiger partial charge in [-0.05, 0) is 63.6 Å². The first-order valence-electron chi connectivity index (χ1n) is 10.7. The smallest absolute Gasteiger partial charge is 0.191 e. The van der Waals surface area contributed by atoms with Crippen LogP contribution in [0.5, 0.6) is 0 Å². The second-order valence-corrected chi connectivity index (χ2v) is 8.97. The Kier molecular flexibility index (Phi) is 9.82. The standard InChI is InChI=1S/C22H36ClN5.HI/c1-16(2)27-11-8-20(9-12-27)26-22(24-4)25-14-18-7-10-28(15-18)21-13-19(23)6-5-17(21)3;/h5-6,13,16,18,20H,7-12,14-15H2,1-4H3,(H2,24,25,26);1H. The summed E-state index contributed by atoms with van der Waals surface area (Å²) in [6.45, 7) is 12.2. The molecule has 164 valence electrons. The van der Waals surface area contributed by atoms with Gasteiger partial charge < -0.3 is 20.4 Å². The van der Waals surface area contributed by atoms with Gasteiger partial charge in [0.1, 0.15) is 0 Å². The second-order valence-electron chi connectivity index (χ2n) is 8.53. The van der Waals surface area contributed by atoms with Crippen LogP contribution in [0.4, 0.5) is 5.69 Å². The molecule has 0 bridgehead atoms. The molecule has 2 N–H and O–H groups in total. The third-order valence-electron chi connectivity index (χ3n) is 6.18. The molecule has 2 fully saturated rings. The highest BCUT2D eigenvalue weighted by Gasteiger charge is 2.25. The van der Waals surface area contributed by atoms with Crippen molar-refractivity contribution in [2.24, 2.45) is 10.9 Å². The Labute approximate surface area is 198 Å². The normalized spacial score (nSPS) is 21.4. The zero-order chi connectivity index (χ0) is 20.1. The maximum Gasteiger partial charge on any atom is 0.191 e. The molecule has 2 saturated heterocycles. The van der Waals surface area contributed by atoms with E-state index in [1.165, 1.54) is 43.6 Å². The number of aliphatic imine (C=N–C) groups is 1. The summed E-state index contributed by atoms with van der Waals surface area (Å²) in [5.41, 5.74) is 2.57. The van der Waals surface area contributed by atoms with E-state index >= 15 is 0 Å². The van der Waals surface area contributed by atoms with Crippen LogP contribution in [-0.4, -0.2) is 62.7 Å². The Balaban J connectivity index is 0.00000300. The van der Waals surface area contributed by atoms with Crippen LogP contribution < -0.4 is 15.5 Å². The first-order chi connectivity index (χ1) is 13.5. The fourth-order valence-electron chi connectivity index (χ4n) is 4.33. The number of aryl methyl sites for hydroxylation is 1. The number of benzene rings is 1. The van der Waals surface area contributed by atoms with Gasteiger partial charge in [0.25, 0.3) is 0 Å². The lowest BCUT2D eigenvalue weighted by molar-refractivity contribution is 0.167. The van der Waals surface area contributed by atoms with Crippen molar-refractivity contribution < 1.29 is 0 Å². The molecule has 0 spiro atoms. The van der Waals surface area contributed by atoms with Crippen molar-refractivity contribution >= 4 is 47.2 Å². The summed E-state index contributed by atoms with van der Waals surface area (Å²) in [7, 11) is 1.87. The van der Waals surface area contributed by atoms with Crippen molar-refractivity contribution in [3.05, 3.63) is 28.8 Å². The summed E-state index contributed by atoms with van der Waals surface area (Å²) in [6.07, 6.45) is 3.57. The van der Waals surface area contributed by atoms with E-state index in [1.54, 1.807) is 0 Å². The third-order valence-corrected chi connectivity index (χ3v) is 6.42. The van der Waals surface area contributed by atoms with Crippen LogP contribution >= 0.6 is 35.6 Å². The van der Waals surface area contributed by atoms with Gasteiger partial charge in [0.05, 0.1) is 0 Å². The fourth-order valence-corrected chi connectivity index (χ4v) is 4.50. The Morgan fingerprint density at radius 2 is 1.93 bits per heavy atom. The molecule has 1 atom stereocenters. The summed E-state index contributed by atoms with van der Waals surface area (Å²) in [6, 6.07) is 7.34. The van der Waals surface area contributed by atoms with Gasteiger partial charge in [-0.2, -0.15) is 0 Å². The van der Waals surface area contributed by atoms with E-state index < -0.39 is 0 Å². The molecular formula is C22H37ClIN5. The average Bonchev–Trinajstić information content (AvgIpc) is 3.16. The lowest BCUT2D eigenvalue weighted by Crippen LogP contribution is -2.50. The SMILES string of the molecule is CN=C(NCC1CCN(c2cc(Cl)ccc2C)C1)NC1CCN(C(C)C)CC1.I. The second kappa shape index (κ2) is 11.6. The van der Waals surface area contributed by atoms with Crippen LogP contribution in [0.1, 0.15) is 38.7 Å². The van der Waals surface area contributed by atoms with Crippen LogP contribution in [0, 0.1) is 12.8 Å². The van der Waals surface area contributed by atoms with Gasteiger partial charge in [-0.25, -0.2) is 0 Å². The Morgan fingerprint density at radius 1 is 1.21 bits per heavy atom. The van der Waals surface area contributed by atoms with E-state index in [9.17, 15) is 0 Å². The number of nitrogens with one attached hydrogen (secondary N) is 2. The minimum Gasteiger partial charge on any atom is -0.371 e. The number of halogens is 2. The number of guanidine groups is 1. The fraction of sp³-hybridized carbons (Fsp3) is 0.682. The highest BCUT2D eigenvalue weighted by Crippen LogP contribution is 2.29. The number of likely N-dealkylation sites (tertiary alicyclic amines) is 1. The van der Waals surface area contributed by atoms with Gasteiger partial charge in [0.15, 0.2) is 5.96 Å². The van der Waals surface area contributed by atoms with Crippen molar-refractivity contribution in [3.8, 4) is 0 Å². The van der Waals surface area contributed by atoms with E-state index in [1.807, 2.05) is 13.1 Å². The Bertz CT molecular complexity index is 673. The van der Waals surface area contributed by atoms with E-state index in [0.717, 1.165) is 30.6 Å². The first kappa shape index (κ1) is 24.5. The van der Waals surface area contributed by atoms with Crippen molar-refractivity contribution in [2.45, 2.75) is 52.1 Å². The van der Waals surface area contributed by atoms with Crippen molar-refractivity contribution in [2.75, 3.05) is 44.7 Å². The summed E-state index contributed by atoms with van der Waals surface area (Å²) >= 11 is 6.21. The van der Waals surface area contributed by atoms with Crippen molar-refractivity contribution in [1.29, 1.82) is 0 Å². The highest BCUT2D eigenvalue weighted by molar-refractivity contribution is 14.0. The zero-order valence-corrected chi connectivity index (χ0v) is 21.3. The molecule has 0 radical (unpaired) electrons. The van der Waals surface area contributed by atoms with Gasteiger partial charge >= 0.3 is 0 Å². The molecule has 29 heavy (non-hydrogen) atoms. The van der Waals surface area contributed by atoms with Crippen molar-refractivity contribution in [3.63, 3.8) is 0 Å². The monoisotopic (exact) mass is 533 g/mol. The lowest BCUT2D eigenvalue weighted by atomic mass is 10.0. The first-order valence-corrected chi connectivity index (χ1v) is 11.1. The predicted octanol–water partition coefficient (Wildman–Crippen LogP) is 4.13. The number of piperidine rings is 1. The quantitative estimate of drug-likeness (QED) is 0.339. The van der Waals surface area contributed by atoms with E-state index in [4.69, 9.17) is 11.6 Å². The molecule has 2 heterocycles. The molecule has 3 rings (SSSR count). The van der Waals surface area contributed by atoms with E-state index in [-0.39, 0.29) is 24.0 Å². The summed E-state index contributed by atoms with van der Waals surface area (Å²) in [4.78, 5) is 9.47. The summed E-state index contributed by atoms with van der Waals surface area (Å²) in [5.74, 6) is 1.57. The van der Waals surface area contributed by atoms with E-state index in [0.29, 0.717) is 18.0 Å². The molecule has 2 aliphatic rings. The van der Waals surface area contributed by atoms with Gasteiger partial charge in [0, 0.05) is 62.6 Å². The molecule has 0 aliphatic carbocycles. The topological polar surface area (TPSA) is 42.9 Å². The maximum atomic E-state index is 6.21. The zero-order valence-electron chi connectivity index (χ0n) is 18.2. The minimum atomic E-state index is 0. The van der Waals surface area contributed by atoms with Crippen LogP contribution in [0.3, 0.4) is 0 Å². The maximum absolute atomic E-state index is 6.21. The van der Waals surface area contributed by atoms with Gasteiger partial charge in [-0.1, -0.05) is 17.7 Å². The molecule has 0 aromatic heterocycles. The molecule has 2 aliphatic heterocycles. The molecule has 1 aromatic rings. The average molecular weight is 534 g/mol. The molecule has 5 nitrogen and oxygen atoms in total. The summed E-state index contributed by atoms with van der Waals surface area (Å²) < 4.78 is 0. The number of anilines is 1. The van der Waals surface area contributed by atoms with Crippen LogP contribution in [0.2, 0.25) is 5.02 Å². The lowest BCUT2D eigenvalue weighted by Gasteiger charge is -2.35.